The fraction of sp³-hybridized carbons (Fsp3) is 0.300. The monoisotopic (exact) mass is 215 g/mol. The molecule has 0 radical (unpaired) electrons. The Balaban J connectivity index is 2.47. The van der Waals surface area contributed by atoms with Gasteiger partial charge in [-0.2, -0.15) is 0 Å². The van der Waals surface area contributed by atoms with Crippen LogP contribution in [0.1, 0.15) is 12.8 Å². The van der Waals surface area contributed by atoms with E-state index in [1.165, 1.54) is 6.07 Å². The summed E-state index contributed by atoms with van der Waals surface area (Å²) in [6.07, 6.45) is 0.298. The van der Waals surface area contributed by atoms with E-state index in [1.54, 1.807) is 0 Å². The van der Waals surface area contributed by atoms with Crippen LogP contribution in [0.4, 0.5) is 14.5 Å². The highest BCUT2D eigenvalue weighted by Gasteiger charge is 2.06. The molecule has 5 heteroatoms. The molecule has 1 aromatic rings. The fourth-order valence-corrected chi connectivity index (χ4v) is 1.12. The van der Waals surface area contributed by atoms with Gasteiger partial charge in [-0.05, 0) is 18.6 Å². The number of hydrogen-bond acceptors (Lipinski definition) is 2. The SMILES string of the molecule is O=C(O)CCCNc1c(F)cccc1F. The molecule has 0 saturated heterocycles. The van der Waals surface area contributed by atoms with E-state index >= 15 is 0 Å². The summed E-state index contributed by atoms with van der Waals surface area (Å²) in [5.41, 5.74) is -0.206. The highest BCUT2D eigenvalue weighted by molar-refractivity contribution is 5.66. The molecule has 82 valence electrons. The number of carboxylic acid groups (broad SMARTS) is 1. The topological polar surface area (TPSA) is 49.3 Å². The Morgan fingerprint density at radius 1 is 1.33 bits per heavy atom. The second-order valence-electron chi connectivity index (χ2n) is 3.02. The number of carbonyl (C=O) groups is 1. The molecule has 0 amide bonds. The van der Waals surface area contributed by atoms with Crippen molar-refractivity contribution in [1.82, 2.24) is 0 Å². The van der Waals surface area contributed by atoms with Crippen LogP contribution >= 0.6 is 0 Å². The van der Waals surface area contributed by atoms with Crippen molar-refractivity contribution in [1.29, 1.82) is 0 Å². The zero-order valence-electron chi connectivity index (χ0n) is 7.96. The predicted molar refractivity (Wildman–Crippen MR) is 51.7 cm³/mol. The van der Waals surface area contributed by atoms with Crippen molar-refractivity contribution in [3.63, 3.8) is 0 Å². The lowest BCUT2D eigenvalue weighted by molar-refractivity contribution is -0.137. The molecule has 15 heavy (non-hydrogen) atoms. The summed E-state index contributed by atoms with van der Waals surface area (Å²) in [5, 5.41) is 10.9. The van der Waals surface area contributed by atoms with Crippen molar-refractivity contribution < 1.29 is 18.7 Å². The van der Waals surface area contributed by atoms with Crippen LogP contribution in [-0.2, 0) is 4.79 Å². The summed E-state index contributed by atoms with van der Waals surface area (Å²) in [6, 6.07) is 3.55. The molecule has 0 unspecified atom stereocenters. The smallest absolute Gasteiger partial charge is 0.303 e. The zero-order chi connectivity index (χ0) is 11.3. The minimum Gasteiger partial charge on any atom is -0.481 e. The van der Waals surface area contributed by atoms with Crippen molar-refractivity contribution in [2.45, 2.75) is 12.8 Å². The second-order valence-corrected chi connectivity index (χ2v) is 3.02. The maximum atomic E-state index is 13.0. The van der Waals surface area contributed by atoms with Gasteiger partial charge in [-0.3, -0.25) is 4.79 Å². The summed E-state index contributed by atoms with van der Waals surface area (Å²) < 4.78 is 26.0. The number of rotatable bonds is 5. The Hall–Kier alpha value is -1.65. The highest BCUT2D eigenvalue weighted by Crippen LogP contribution is 2.17. The number of anilines is 1. The Morgan fingerprint density at radius 3 is 2.47 bits per heavy atom. The van der Waals surface area contributed by atoms with E-state index in [0.717, 1.165) is 12.1 Å². The van der Waals surface area contributed by atoms with Gasteiger partial charge in [0, 0.05) is 13.0 Å². The van der Waals surface area contributed by atoms with Gasteiger partial charge in [0.1, 0.15) is 17.3 Å². The summed E-state index contributed by atoms with van der Waals surface area (Å²) >= 11 is 0. The Morgan fingerprint density at radius 2 is 1.93 bits per heavy atom. The highest BCUT2D eigenvalue weighted by atomic mass is 19.1. The van der Waals surface area contributed by atoms with Crippen LogP contribution in [0.15, 0.2) is 18.2 Å². The van der Waals surface area contributed by atoms with Gasteiger partial charge in [0.05, 0.1) is 0 Å². The molecule has 2 N–H and O–H groups in total. The number of benzene rings is 1. The van der Waals surface area contributed by atoms with Gasteiger partial charge >= 0.3 is 5.97 Å². The first-order valence-electron chi connectivity index (χ1n) is 4.51. The van der Waals surface area contributed by atoms with Crippen LogP contribution < -0.4 is 5.32 Å². The van der Waals surface area contributed by atoms with Gasteiger partial charge in [-0.15, -0.1) is 0 Å². The summed E-state index contributed by atoms with van der Waals surface area (Å²) in [6.45, 7) is 0.226. The average Bonchev–Trinajstić information content (AvgIpc) is 2.15. The van der Waals surface area contributed by atoms with Crippen LogP contribution in [-0.4, -0.2) is 17.6 Å². The molecule has 1 rings (SSSR count). The number of nitrogens with one attached hydrogen (secondary N) is 1. The standard InChI is InChI=1S/C10H11F2NO2/c11-7-3-1-4-8(12)10(7)13-6-2-5-9(14)15/h1,3-4,13H,2,5-6H2,(H,14,15). The van der Waals surface area contributed by atoms with Crippen LogP contribution in [0.2, 0.25) is 0 Å². The van der Waals surface area contributed by atoms with Gasteiger partial charge < -0.3 is 10.4 Å². The fourth-order valence-electron chi connectivity index (χ4n) is 1.12. The molecular weight excluding hydrogens is 204 g/mol. The molecule has 0 aliphatic heterocycles. The van der Waals surface area contributed by atoms with Crippen LogP contribution in [0.3, 0.4) is 0 Å². The third kappa shape index (κ3) is 3.53. The third-order valence-corrected chi connectivity index (χ3v) is 1.83. The molecule has 1 aromatic carbocycles. The van der Waals surface area contributed by atoms with Gasteiger partial charge in [0.2, 0.25) is 0 Å². The van der Waals surface area contributed by atoms with Crippen LogP contribution in [0.25, 0.3) is 0 Å². The minimum absolute atomic E-state index is 0.0247. The second kappa shape index (κ2) is 5.29. The Bertz CT molecular complexity index is 335. The van der Waals surface area contributed by atoms with E-state index in [-0.39, 0.29) is 18.7 Å². The van der Waals surface area contributed by atoms with E-state index in [9.17, 15) is 13.6 Å². The maximum Gasteiger partial charge on any atom is 0.303 e. The first-order valence-corrected chi connectivity index (χ1v) is 4.51. The Labute approximate surface area is 85.7 Å². The zero-order valence-corrected chi connectivity index (χ0v) is 7.96. The summed E-state index contributed by atoms with van der Waals surface area (Å²) in [4.78, 5) is 10.2. The molecular formula is C10H11F2NO2. The summed E-state index contributed by atoms with van der Waals surface area (Å²) in [5.74, 6) is -2.28. The van der Waals surface area contributed by atoms with Crippen LogP contribution in [0, 0.1) is 11.6 Å². The molecule has 0 spiro atoms. The number of hydrogen-bond donors (Lipinski definition) is 2. The number of para-hydroxylation sites is 1. The molecule has 0 aliphatic carbocycles. The average molecular weight is 215 g/mol. The molecule has 0 bridgehead atoms. The van der Waals surface area contributed by atoms with E-state index < -0.39 is 17.6 Å². The van der Waals surface area contributed by atoms with Gasteiger partial charge in [-0.25, -0.2) is 8.78 Å². The van der Waals surface area contributed by atoms with Crippen molar-refractivity contribution in [2.24, 2.45) is 0 Å². The normalized spacial score (nSPS) is 10.0. The number of aliphatic carboxylic acids is 1. The first-order chi connectivity index (χ1) is 7.11. The lowest BCUT2D eigenvalue weighted by atomic mass is 10.2. The largest absolute Gasteiger partial charge is 0.481 e. The Kier molecular flexibility index (Phi) is 4.03. The third-order valence-electron chi connectivity index (χ3n) is 1.83. The molecule has 0 aliphatic rings. The van der Waals surface area contributed by atoms with Gasteiger partial charge in [0.25, 0.3) is 0 Å². The maximum absolute atomic E-state index is 13.0. The first kappa shape index (κ1) is 11.4. The van der Waals surface area contributed by atoms with Crippen LogP contribution in [0.5, 0.6) is 0 Å². The molecule has 0 heterocycles. The van der Waals surface area contributed by atoms with Gasteiger partial charge in [-0.1, -0.05) is 6.07 Å². The van der Waals surface area contributed by atoms with Crippen molar-refractivity contribution in [2.75, 3.05) is 11.9 Å². The molecule has 0 saturated carbocycles. The van der Waals surface area contributed by atoms with Crippen molar-refractivity contribution in [3.05, 3.63) is 29.8 Å². The lowest BCUT2D eigenvalue weighted by Crippen LogP contribution is -2.07. The molecule has 3 nitrogen and oxygen atoms in total. The quantitative estimate of drug-likeness (QED) is 0.740. The van der Waals surface area contributed by atoms with Crippen molar-refractivity contribution >= 4 is 11.7 Å². The summed E-state index contributed by atoms with van der Waals surface area (Å²) in [7, 11) is 0. The number of carboxylic acids is 1. The predicted octanol–water partition coefficient (Wildman–Crippen LogP) is 2.24. The number of halogens is 2. The molecule has 0 atom stereocenters. The van der Waals surface area contributed by atoms with Crippen molar-refractivity contribution in [3.8, 4) is 0 Å². The lowest BCUT2D eigenvalue weighted by Gasteiger charge is -2.07. The van der Waals surface area contributed by atoms with Gasteiger partial charge in [0.15, 0.2) is 0 Å². The molecule has 0 fully saturated rings. The van der Waals surface area contributed by atoms with E-state index in [2.05, 4.69) is 5.32 Å². The minimum atomic E-state index is -0.925. The van der Waals surface area contributed by atoms with E-state index in [4.69, 9.17) is 5.11 Å². The van der Waals surface area contributed by atoms with E-state index in [1.807, 2.05) is 0 Å². The molecule has 0 aromatic heterocycles. The van der Waals surface area contributed by atoms with E-state index in [0.29, 0.717) is 6.42 Å².